The Hall–Kier alpha value is -1.69. The van der Waals surface area contributed by atoms with Gasteiger partial charge >= 0.3 is 0 Å². The van der Waals surface area contributed by atoms with Gasteiger partial charge in [0, 0.05) is 25.4 Å². The molecule has 1 aliphatic rings. The Morgan fingerprint density at radius 3 is 2.96 bits per heavy atom. The van der Waals surface area contributed by atoms with E-state index in [9.17, 15) is 0 Å². The van der Waals surface area contributed by atoms with Crippen LogP contribution in [0.2, 0.25) is 0 Å². The van der Waals surface area contributed by atoms with Crippen molar-refractivity contribution < 1.29 is 9.84 Å². The van der Waals surface area contributed by atoms with Crippen LogP contribution in [0.5, 0.6) is 0 Å². The van der Waals surface area contributed by atoms with Gasteiger partial charge in [0.15, 0.2) is 0 Å². The number of aromatic nitrogens is 2. The van der Waals surface area contributed by atoms with E-state index in [1.807, 2.05) is 24.1 Å². The van der Waals surface area contributed by atoms with Crippen LogP contribution in [-0.2, 0) is 31.2 Å². The summed E-state index contributed by atoms with van der Waals surface area (Å²) in [7, 11) is 1.93. The Bertz CT molecular complexity index is 713. The number of hydrogen-bond acceptors (Lipinski definition) is 4. The van der Waals surface area contributed by atoms with Crippen molar-refractivity contribution >= 4 is 0 Å². The molecule has 0 saturated heterocycles. The lowest BCUT2D eigenvalue weighted by Gasteiger charge is -2.26. The fourth-order valence-electron chi connectivity index (χ4n) is 4.06. The molecule has 0 saturated carbocycles. The van der Waals surface area contributed by atoms with E-state index in [0.29, 0.717) is 25.0 Å². The largest absolute Gasteiger partial charge is 0.396 e. The van der Waals surface area contributed by atoms with Crippen molar-refractivity contribution in [3.63, 3.8) is 0 Å². The minimum Gasteiger partial charge on any atom is -0.396 e. The van der Waals surface area contributed by atoms with Crippen molar-refractivity contribution in [2.75, 3.05) is 19.8 Å². The predicted octanol–water partition coefficient (Wildman–Crippen LogP) is 2.95. The number of fused-ring (bicyclic) bond motifs is 1. The molecule has 2 aromatic rings. The van der Waals surface area contributed by atoms with Gasteiger partial charge in [-0.1, -0.05) is 24.6 Å². The number of hydrogen-bond donors (Lipinski definition) is 2. The van der Waals surface area contributed by atoms with Crippen LogP contribution in [0, 0.1) is 5.92 Å². The van der Waals surface area contributed by atoms with Gasteiger partial charge in [-0.25, -0.2) is 0 Å². The maximum atomic E-state index is 8.99. The second-order valence-corrected chi connectivity index (χ2v) is 7.83. The van der Waals surface area contributed by atoms with Crippen molar-refractivity contribution in [1.82, 2.24) is 9.78 Å². The fourth-order valence-corrected chi connectivity index (χ4v) is 4.06. The molecule has 5 heteroatoms. The zero-order valence-corrected chi connectivity index (χ0v) is 16.4. The Balaban J connectivity index is 1.52. The maximum Gasteiger partial charge on any atom is 0.0747 e. The number of ether oxygens (including phenoxy) is 1. The molecule has 1 heterocycles. The molecule has 1 aromatic carbocycles. The van der Waals surface area contributed by atoms with E-state index in [0.717, 1.165) is 44.3 Å². The maximum absolute atomic E-state index is 8.99. The third-order valence-electron chi connectivity index (χ3n) is 5.66. The molecular formula is C22H33N3O2. The van der Waals surface area contributed by atoms with Crippen LogP contribution >= 0.6 is 0 Å². The molecule has 3 N–H and O–H groups in total. The van der Waals surface area contributed by atoms with Gasteiger partial charge in [-0.05, 0) is 67.2 Å². The summed E-state index contributed by atoms with van der Waals surface area (Å²) in [6, 6.07) is 6.93. The van der Waals surface area contributed by atoms with Crippen molar-refractivity contribution in [3.05, 3.63) is 52.8 Å². The Labute approximate surface area is 162 Å². The highest BCUT2D eigenvalue weighted by atomic mass is 16.5. The third-order valence-corrected chi connectivity index (χ3v) is 5.66. The van der Waals surface area contributed by atoms with Gasteiger partial charge in [-0.15, -0.1) is 0 Å². The third kappa shape index (κ3) is 5.64. The van der Waals surface area contributed by atoms with Gasteiger partial charge in [0.1, 0.15) is 0 Å². The van der Waals surface area contributed by atoms with E-state index in [4.69, 9.17) is 15.6 Å². The second kappa shape index (κ2) is 10.0. The minimum atomic E-state index is 0.270. The number of aryl methyl sites for hydroxylation is 2. The normalized spacial score (nSPS) is 17.7. The zero-order valence-electron chi connectivity index (χ0n) is 16.4. The average Bonchev–Trinajstić information content (AvgIpc) is 3.10. The summed E-state index contributed by atoms with van der Waals surface area (Å²) in [5.74, 6) is 0.997. The van der Waals surface area contributed by atoms with Crippen LogP contribution in [0.1, 0.15) is 53.9 Å². The van der Waals surface area contributed by atoms with Crippen molar-refractivity contribution in [1.29, 1.82) is 0 Å². The average molecular weight is 372 g/mol. The van der Waals surface area contributed by atoms with Gasteiger partial charge in [-0.3, -0.25) is 4.68 Å². The van der Waals surface area contributed by atoms with Crippen LogP contribution in [-0.4, -0.2) is 34.6 Å². The lowest BCUT2D eigenvalue weighted by atomic mass is 9.81. The summed E-state index contributed by atoms with van der Waals surface area (Å²) < 4.78 is 7.74. The predicted molar refractivity (Wildman–Crippen MR) is 108 cm³/mol. The highest BCUT2D eigenvalue weighted by Gasteiger charge is 2.20. The number of aliphatic hydroxyl groups excluding tert-OH is 1. The van der Waals surface area contributed by atoms with E-state index >= 15 is 0 Å². The van der Waals surface area contributed by atoms with E-state index in [2.05, 4.69) is 23.3 Å². The summed E-state index contributed by atoms with van der Waals surface area (Å²) in [5.41, 5.74) is 11.4. The molecule has 148 valence electrons. The molecule has 0 aliphatic heterocycles. The monoisotopic (exact) mass is 371 g/mol. The number of rotatable bonds is 10. The number of nitrogens with two attached hydrogens (primary N) is 1. The molecule has 0 fully saturated rings. The number of aliphatic hydroxyl groups is 1. The highest BCUT2D eigenvalue weighted by molar-refractivity contribution is 5.36. The Morgan fingerprint density at radius 1 is 1.33 bits per heavy atom. The molecule has 0 radical (unpaired) electrons. The Morgan fingerprint density at radius 2 is 2.22 bits per heavy atom. The lowest BCUT2D eigenvalue weighted by molar-refractivity contribution is 0.0823. The van der Waals surface area contributed by atoms with Gasteiger partial charge in [-0.2, -0.15) is 5.10 Å². The van der Waals surface area contributed by atoms with Crippen molar-refractivity contribution in [2.45, 2.75) is 51.0 Å². The van der Waals surface area contributed by atoms with Crippen LogP contribution in [0.15, 0.2) is 30.6 Å². The summed E-state index contributed by atoms with van der Waals surface area (Å²) in [5, 5.41) is 13.2. The SMILES string of the molecule is Cn1cc(COC[C@@H]2CCc3cc([C@H](CN)CCCCO)ccc3C2)cn1. The van der Waals surface area contributed by atoms with Gasteiger partial charge in [0.25, 0.3) is 0 Å². The highest BCUT2D eigenvalue weighted by Crippen LogP contribution is 2.30. The van der Waals surface area contributed by atoms with Gasteiger partial charge in [0.2, 0.25) is 0 Å². The van der Waals surface area contributed by atoms with Crippen LogP contribution in [0.4, 0.5) is 0 Å². The molecule has 27 heavy (non-hydrogen) atoms. The molecule has 3 rings (SSSR count). The van der Waals surface area contributed by atoms with Crippen LogP contribution in [0.3, 0.4) is 0 Å². The number of unbranched alkanes of at least 4 members (excludes halogenated alkanes) is 1. The molecule has 2 atom stereocenters. The fraction of sp³-hybridized carbons (Fsp3) is 0.591. The first-order chi connectivity index (χ1) is 13.2. The summed E-state index contributed by atoms with van der Waals surface area (Å²) in [4.78, 5) is 0. The first-order valence-electron chi connectivity index (χ1n) is 10.2. The molecule has 0 bridgehead atoms. The smallest absolute Gasteiger partial charge is 0.0747 e. The summed E-state index contributed by atoms with van der Waals surface area (Å²) in [6.45, 7) is 2.39. The van der Waals surface area contributed by atoms with Gasteiger partial charge in [0.05, 0.1) is 19.4 Å². The molecule has 0 amide bonds. The van der Waals surface area contributed by atoms with Crippen molar-refractivity contribution in [2.24, 2.45) is 18.7 Å². The van der Waals surface area contributed by atoms with E-state index in [1.54, 1.807) is 0 Å². The Kier molecular flexibility index (Phi) is 7.44. The molecule has 0 unspecified atom stereocenters. The molecule has 1 aromatic heterocycles. The van der Waals surface area contributed by atoms with Crippen LogP contribution in [0.25, 0.3) is 0 Å². The number of benzene rings is 1. The first kappa shape index (κ1) is 20.1. The van der Waals surface area contributed by atoms with Crippen molar-refractivity contribution in [3.8, 4) is 0 Å². The summed E-state index contributed by atoms with van der Waals surface area (Å²) in [6.07, 6.45) is 10.2. The van der Waals surface area contributed by atoms with E-state index in [-0.39, 0.29) is 6.61 Å². The van der Waals surface area contributed by atoms with Crippen LogP contribution < -0.4 is 5.73 Å². The quantitative estimate of drug-likeness (QED) is 0.630. The second-order valence-electron chi connectivity index (χ2n) is 7.83. The summed E-state index contributed by atoms with van der Waals surface area (Å²) >= 11 is 0. The molecule has 5 nitrogen and oxygen atoms in total. The number of nitrogens with zero attached hydrogens (tertiary/aromatic N) is 2. The first-order valence-corrected chi connectivity index (χ1v) is 10.2. The van der Waals surface area contributed by atoms with Gasteiger partial charge < -0.3 is 15.6 Å². The lowest BCUT2D eigenvalue weighted by Crippen LogP contribution is -2.20. The zero-order chi connectivity index (χ0) is 19.1. The molecule has 1 aliphatic carbocycles. The molecule has 0 spiro atoms. The molecular weight excluding hydrogens is 338 g/mol. The minimum absolute atomic E-state index is 0.270. The standard InChI is InChI=1S/C22H33N3O2/c1-25-14-18(13-24-25)16-27-15-17-5-6-20-11-21(8-7-19(20)10-17)22(12-23)4-2-3-9-26/h7-8,11,13-14,17,22,26H,2-6,9-10,12,15-16,23H2,1H3/t17-,22+/m1/s1. The topological polar surface area (TPSA) is 73.3 Å². The van der Waals surface area contributed by atoms with E-state index < -0.39 is 0 Å². The van der Waals surface area contributed by atoms with E-state index in [1.165, 1.54) is 23.1 Å².